The number of rotatable bonds is 3. The molecule has 0 unspecified atom stereocenters. The van der Waals surface area contributed by atoms with Gasteiger partial charge >= 0.3 is 5.97 Å². The first kappa shape index (κ1) is 15.5. The highest BCUT2D eigenvalue weighted by atomic mass is 35.5. The Kier molecular flexibility index (Phi) is 4.55. The highest BCUT2D eigenvalue weighted by Gasteiger charge is 2.21. The molecule has 23 heavy (non-hydrogen) atoms. The summed E-state index contributed by atoms with van der Waals surface area (Å²) in [4.78, 5) is 19.9. The van der Waals surface area contributed by atoms with E-state index < -0.39 is 5.97 Å². The first-order valence-electron chi connectivity index (χ1n) is 6.68. The quantitative estimate of drug-likeness (QED) is 0.612. The van der Waals surface area contributed by atoms with E-state index in [1.54, 1.807) is 54.9 Å². The molecule has 0 spiro atoms. The van der Waals surface area contributed by atoms with Crippen molar-refractivity contribution in [3.63, 3.8) is 0 Å². The molecule has 1 aliphatic heterocycles. The Hall–Kier alpha value is -2.43. The van der Waals surface area contributed by atoms with Crippen molar-refractivity contribution in [1.29, 1.82) is 0 Å². The lowest BCUT2D eigenvalue weighted by Gasteiger charge is -1.99. The summed E-state index contributed by atoms with van der Waals surface area (Å²) in [5.41, 5.74) is 1.70. The smallest absolute Gasteiger partial charge is 0.363 e. The van der Waals surface area contributed by atoms with Gasteiger partial charge < -0.3 is 4.74 Å². The summed E-state index contributed by atoms with van der Waals surface area (Å²) in [5, 5.41) is 0.887. The van der Waals surface area contributed by atoms with Gasteiger partial charge in [-0.25, -0.2) is 9.79 Å². The summed E-state index contributed by atoms with van der Waals surface area (Å²) >= 11 is 12.0. The fraction of sp³-hybridized carbons (Fsp3) is 0. The third-order valence-corrected chi connectivity index (χ3v) is 3.85. The number of halogens is 2. The van der Waals surface area contributed by atoms with E-state index in [0.29, 0.717) is 15.6 Å². The maximum absolute atomic E-state index is 11.8. The predicted molar refractivity (Wildman–Crippen MR) is 91.2 cm³/mol. The lowest BCUT2D eigenvalue weighted by Crippen LogP contribution is -2.01. The number of ether oxygens (including phenoxy) is 1. The Morgan fingerprint density at radius 2 is 1.96 bits per heavy atom. The van der Waals surface area contributed by atoms with Crippen LogP contribution < -0.4 is 0 Å². The van der Waals surface area contributed by atoms with Crippen LogP contribution in [-0.4, -0.2) is 16.9 Å². The first-order valence-corrected chi connectivity index (χ1v) is 7.44. The predicted octanol–water partition coefficient (Wildman–Crippen LogP) is 4.40. The van der Waals surface area contributed by atoms with Crippen LogP contribution in [0.2, 0.25) is 10.0 Å². The molecule has 0 saturated carbocycles. The van der Waals surface area contributed by atoms with Gasteiger partial charge in [0, 0.05) is 18.5 Å². The van der Waals surface area contributed by atoms with Crippen molar-refractivity contribution in [1.82, 2.24) is 4.98 Å². The molecule has 0 aliphatic carbocycles. The monoisotopic (exact) mass is 344 g/mol. The molecule has 2 heterocycles. The van der Waals surface area contributed by atoms with Gasteiger partial charge in [0.15, 0.2) is 5.70 Å². The zero-order valence-electron chi connectivity index (χ0n) is 11.7. The van der Waals surface area contributed by atoms with Gasteiger partial charge in [-0.05, 0) is 35.4 Å². The number of benzene rings is 1. The highest BCUT2D eigenvalue weighted by Crippen LogP contribution is 2.26. The molecule has 2 aromatic rings. The molecule has 0 bridgehead atoms. The Morgan fingerprint density at radius 3 is 2.74 bits per heavy atom. The van der Waals surface area contributed by atoms with Gasteiger partial charge in [-0.3, -0.25) is 4.98 Å². The molecule has 1 aromatic heterocycles. The molecule has 0 amide bonds. The third-order valence-electron chi connectivity index (χ3n) is 3.01. The van der Waals surface area contributed by atoms with Gasteiger partial charge in [0.2, 0.25) is 5.90 Å². The highest BCUT2D eigenvalue weighted by molar-refractivity contribution is 6.42. The normalized spacial score (nSPS) is 16.0. The van der Waals surface area contributed by atoms with Crippen LogP contribution in [0.15, 0.2) is 59.5 Å². The van der Waals surface area contributed by atoms with E-state index in [1.807, 2.05) is 6.07 Å². The molecule has 114 valence electrons. The molecule has 6 heteroatoms. The van der Waals surface area contributed by atoms with Gasteiger partial charge in [0.05, 0.1) is 10.0 Å². The van der Waals surface area contributed by atoms with E-state index in [0.717, 1.165) is 5.56 Å². The second kappa shape index (κ2) is 6.77. The number of cyclic esters (lactones) is 1. The van der Waals surface area contributed by atoms with Gasteiger partial charge in [-0.15, -0.1) is 0 Å². The number of aromatic nitrogens is 1. The van der Waals surface area contributed by atoms with Gasteiger partial charge in [0.1, 0.15) is 0 Å². The van der Waals surface area contributed by atoms with Crippen molar-refractivity contribution in [3.05, 3.63) is 75.7 Å². The molecular weight excluding hydrogens is 335 g/mol. The number of aliphatic imine (C=N–C) groups is 1. The standard InChI is InChI=1S/C17H10Cl2N2O2/c18-13-5-1-4-12(16(13)19)6-7-15-21-14(17(22)23-15)9-11-3-2-8-20-10-11/h1-10H/b7-6+,14-9-. The van der Waals surface area contributed by atoms with E-state index in [9.17, 15) is 4.79 Å². The molecular formula is C17H10Cl2N2O2. The van der Waals surface area contributed by atoms with Crippen molar-refractivity contribution >= 4 is 47.2 Å². The van der Waals surface area contributed by atoms with E-state index in [2.05, 4.69) is 9.98 Å². The Bertz CT molecular complexity index is 843. The summed E-state index contributed by atoms with van der Waals surface area (Å²) < 4.78 is 5.10. The maximum atomic E-state index is 11.8. The summed E-state index contributed by atoms with van der Waals surface area (Å²) in [6.07, 6.45) is 8.16. The van der Waals surface area contributed by atoms with Gasteiger partial charge in [-0.2, -0.15) is 0 Å². The van der Waals surface area contributed by atoms with Gasteiger partial charge in [0.25, 0.3) is 0 Å². The lowest BCUT2D eigenvalue weighted by atomic mass is 10.2. The topological polar surface area (TPSA) is 51.5 Å². The first-order chi connectivity index (χ1) is 11.1. The average Bonchev–Trinajstić information content (AvgIpc) is 2.90. The summed E-state index contributed by atoms with van der Waals surface area (Å²) in [7, 11) is 0. The van der Waals surface area contributed by atoms with E-state index >= 15 is 0 Å². The number of hydrogen-bond acceptors (Lipinski definition) is 4. The number of esters is 1. The van der Waals surface area contributed by atoms with Crippen LogP contribution in [-0.2, 0) is 9.53 Å². The van der Waals surface area contributed by atoms with Crippen molar-refractivity contribution in [2.45, 2.75) is 0 Å². The zero-order chi connectivity index (χ0) is 16.2. The molecule has 1 aliphatic rings. The van der Waals surface area contributed by atoms with Gasteiger partial charge in [-0.1, -0.05) is 41.4 Å². The van der Waals surface area contributed by atoms with Crippen molar-refractivity contribution in [2.24, 2.45) is 4.99 Å². The molecule has 4 nitrogen and oxygen atoms in total. The van der Waals surface area contributed by atoms with E-state index in [-0.39, 0.29) is 11.6 Å². The fourth-order valence-electron chi connectivity index (χ4n) is 1.93. The molecule has 0 fully saturated rings. The number of hydrogen-bond donors (Lipinski definition) is 0. The van der Waals surface area contributed by atoms with E-state index in [4.69, 9.17) is 27.9 Å². The van der Waals surface area contributed by atoms with Crippen LogP contribution >= 0.6 is 23.2 Å². The zero-order valence-corrected chi connectivity index (χ0v) is 13.3. The van der Waals surface area contributed by atoms with E-state index in [1.165, 1.54) is 0 Å². The largest absolute Gasteiger partial charge is 0.403 e. The minimum absolute atomic E-state index is 0.196. The molecule has 0 N–H and O–H groups in total. The third kappa shape index (κ3) is 3.67. The molecule has 0 atom stereocenters. The molecule has 3 rings (SSSR count). The van der Waals surface area contributed by atoms with Crippen LogP contribution in [0.3, 0.4) is 0 Å². The molecule has 0 saturated heterocycles. The molecule has 1 aromatic carbocycles. The number of nitrogens with zero attached hydrogens (tertiary/aromatic N) is 2. The summed E-state index contributed by atoms with van der Waals surface area (Å²) in [5.74, 6) is -0.313. The molecule has 0 radical (unpaired) electrons. The Morgan fingerprint density at radius 1 is 1.09 bits per heavy atom. The summed E-state index contributed by atoms with van der Waals surface area (Å²) in [6.45, 7) is 0. The lowest BCUT2D eigenvalue weighted by molar-refractivity contribution is -0.129. The van der Waals surface area contributed by atoms with Crippen molar-refractivity contribution in [3.8, 4) is 0 Å². The Labute approximate surface area is 142 Å². The summed E-state index contributed by atoms with van der Waals surface area (Å²) in [6, 6.07) is 8.88. The minimum atomic E-state index is -0.509. The SMILES string of the molecule is O=C1OC(/C=C/c2cccc(Cl)c2Cl)=NC/1=C\c1cccnc1. The number of pyridine rings is 1. The number of carbonyl (C=O) groups is 1. The number of carbonyl (C=O) groups excluding carboxylic acids is 1. The van der Waals surface area contributed by atoms with Crippen LogP contribution in [0.4, 0.5) is 0 Å². The second-order valence-corrected chi connectivity index (χ2v) is 5.42. The van der Waals surface area contributed by atoms with Crippen molar-refractivity contribution in [2.75, 3.05) is 0 Å². The fourth-order valence-corrected chi connectivity index (χ4v) is 2.30. The Balaban J connectivity index is 1.83. The maximum Gasteiger partial charge on any atom is 0.363 e. The van der Waals surface area contributed by atoms with Crippen LogP contribution in [0.5, 0.6) is 0 Å². The minimum Gasteiger partial charge on any atom is -0.403 e. The van der Waals surface area contributed by atoms with Crippen LogP contribution in [0.1, 0.15) is 11.1 Å². The van der Waals surface area contributed by atoms with Crippen molar-refractivity contribution < 1.29 is 9.53 Å². The average molecular weight is 345 g/mol. The second-order valence-electron chi connectivity index (χ2n) is 4.63. The van der Waals surface area contributed by atoms with Crippen LogP contribution in [0.25, 0.3) is 12.2 Å². The van der Waals surface area contributed by atoms with Crippen LogP contribution in [0, 0.1) is 0 Å².